The largest absolute Gasteiger partial charge is 0.294 e. The van der Waals surface area contributed by atoms with Crippen LogP contribution in [0.3, 0.4) is 0 Å². The first-order valence-electron chi connectivity index (χ1n) is 6.43. The van der Waals surface area contributed by atoms with Gasteiger partial charge in [0.15, 0.2) is 5.78 Å². The van der Waals surface area contributed by atoms with Crippen LogP contribution in [-0.2, 0) is 0 Å². The topological polar surface area (TPSA) is 17.1 Å². The number of ketones is 1. The van der Waals surface area contributed by atoms with Crippen LogP contribution >= 0.6 is 0 Å². The number of Topliss-reactive ketones (excluding diaryl/α,β-unsaturated/α-hetero) is 1. The minimum absolute atomic E-state index is 0.209. The molecule has 0 aliphatic heterocycles. The molecule has 0 aliphatic carbocycles. The zero-order valence-electron chi connectivity index (χ0n) is 12.0. The van der Waals surface area contributed by atoms with Gasteiger partial charge in [0.1, 0.15) is 0 Å². The highest BCUT2D eigenvalue weighted by Crippen LogP contribution is 2.01. The van der Waals surface area contributed by atoms with Gasteiger partial charge in [-0.05, 0) is 0 Å². The predicted molar refractivity (Wildman–Crippen MR) is 75.1 cm³/mol. The van der Waals surface area contributed by atoms with E-state index < -0.39 is 0 Å². The summed E-state index contributed by atoms with van der Waals surface area (Å²) in [6.07, 6.45) is 0.587. The number of carbonyl (C=O) groups excluding carboxylic acids is 1. The number of rotatable bonds is 2. The van der Waals surface area contributed by atoms with Crippen molar-refractivity contribution in [1.29, 1.82) is 0 Å². The smallest absolute Gasteiger partial charge is 0.162 e. The Kier molecular flexibility index (Phi) is 24.7. The Hall–Kier alpha value is -1.11. The molecule has 94 valence electrons. The maximum Gasteiger partial charge on any atom is 0.162 e. The molecule has 0 bridgehead atoms. The highest BCUT2D eigenvalue weighted by molar-refractivity contribution is 5.95. The van der Waals surface area contributed by atoms with E-state index in [-0.39, 0.29) is 5.78 Å². The summed E-state index contributed by atoms with van der Waals surface area (Å²) in [7, 11) is 0. The average Bonchev–Trinajstić information content (AvgIpc) is 2.45. The summed E-state index contributed by atoms with van der Waals surface area (Å²) in [4.78, 5) is 11.0. The van der Waals surface area contributed by atoms with Crippen LogP contribution in [0.25, 0.3) is 0 Å². The minimum atomic E-state index is 0.209. The first kappa shape index (κ1) is 20.3. The molecule has 1 heteroatoms. The molecule has 0 radical (unpaired) electrons. The highest BCUT2D eigenvalue weighted by atomic mass is 16.1. The average molecular weight is 224 g/mol. The molecule has 0 unspecified atom stereocenters. The van der Waals surface area contributed by atoms with Crippen LogP contribution in [0, 0.1) is 0 Å². The van der Waals surface area contributed by atoms with Crippen molar-refractivity contribution >= 4 is 5.78 Å². The molecular formula is C15H28O. The van der Waals surface area contributed by atoms with Gasteiger partial charge in [-0.25, -0.2) is 0 Å². The number of benzene rings is 1. The number of hydrogen-bond donors (Lipinski definition) is 0. The predicted octanol–water partition coefficient (Wildman–Crippen LogP) is 5.36. The van der Waals surface area contributed by atoms with Crippen molar-refractivity contribution in [2.24, 2.45) is 0 Å². The van der Waals surface area contributed by atoms with E-state index in [0.717, 1.165) is 5.56 Å². The van der Waals surface area contributed by atoms with E-state index in [1.54, 1.807) is 0 Å². The molecule has 0 aliphatic rings. The van der Waals surface area contributed by atoms with E-state index in [4.69, 9.17) is 0 Å². The van der Waals surface area contributed by atoms with E-state index in [1.165, 1.54) is 0 Å². The molecule has 1 rings (SSSR count). The quantitative estimate of drug-likeness (QED) is 0.618. The second-order valence-corrected chi connectivity index (χ2v) is 2.14. The Morgan fingerprint density at radius 2 is 1.25 bits per heavy atom. The lowest BCUT2D eigenvalue weighted by Crippen LogP contribution is -1.94. The van der Waals surface area contributed by atoms with Crippen molar-refractivity contribution in [3.8, 4) is 0 Å². The van der Waals surface area contributed by atoms with Crippen LogP contribution in [0.1, 0.15) is 65.2 Å². The Bertz CT molecular complexity index is 214. The van der Waals surface area contributed by atoms with E-state index in [2.05, 4.69) is 0 Å². The Balaban J connectivity index is -0.000000245. The van der Waals surface area contributed by atoms with Crippen molar-refractivity contribution < 1.29 is 4.79 Å². The first-order chi connectivity index (χ1) is 7.84. The van der Waals surface area contributed by atoms with Crippen molar-refractivity contribution in [2.45, 2.75) is 54.9 Å². The van der Waals surface area contributed by atoms with Crippen LogP contribution in [0.2, 0.25) is 0 Å². The SMILES string of the molecule is CC.CC.CC.CCC(=O)c1ccccc1. The fourth-order valence-electron chi connectivity index (χ4n) is 0.828. The standard InChI is InChI=1S/C9H10O.3C2H6/c1-2-9(10)8-6-4-3-5-7-8;3*1-2/h3-7H,2H2,1H3;3*1-2H3. The summed E-state index contributed by atoms with van der Waals surface area (Å²) >= 11 is 0. The summed E-state index contributed by atoms with van der Waals surface area (Å²) in [6, 6.07) is 9.34. The molecule has 1 nitrogen and oxygen atoms in total. The lowest BCUT2D eigenvalue weighted by atomic mass is 10.1. The zero-order valence-corrected chi connectivity index (χ0v) is 12.0. The summed E-state index contributed by atoms with van der Waals surface area (Å²) < 4.78 is 0. The number of carbonyl (C=O) groups is 1. The number of hydrogen-bond acceptors (Lipinski definition) is 1. The van der Waals surface area contributed by atoms with Crippen LogP contribution < -0.4 is 0 Å². The van der Waals surface area contributed by atoms with E-state index in [1.807, 2.05) is 78.8 Å². The third-order valence-electron chi connectivity index (χ3n) is 1.42. The van der Waals surface area contributed by atoms with Crippen molar-refractivity contribution in [3.63, 3.8) is 0 Å². The fourth-order valence-corrected chi connectivity index (χ4v) is 0.828. The van der Waals surface area contributed by atoms with Crippen LogP contribution in [0.4, 0.5) is 0 Å². The molecular weight excluding hydrogens is 196 g/mol. The fraction of sp³-hybridized carbons (Fsp3) is 0.533. The van der Waals surface area contributed by atoms with Gasteiger partial charge in [0.2, 0.25) is 0 Å². The monoisotopic (exact) mass is 224 g/mol. The van der Waals surface area contributed by atoms with E-state index in [0.29, 0.717) is 6.42 Å². The second kappa shape index (κ2) is 19.5. The summed E-state index contributed by atoms with van der Waals surface area (Å²) in [5, 5.41) is 0. The molecule has 0 fully saturated rings. The van der Waals surface area contributed by atoms with E-state index in [9.17, 15) is 4.79 Å². The van der Waals surface area contributed by atoms with Gasteiger partial charge in [-0.2, -0.15) is 0 Å². The Morgan fingerprint density at radius 1 is 0.875 bits per heavy atom. The van der Waals surface area contributed by atoms with Gasteiger partial charge in [0.05, 0.1) is 0 Å². The van der Waals surface area contributed by atoms with Gasteiger partial charge in [-0.1, -0.05) is 78.8 Å². The van der Waals surface area contributed by atoms with Crippen LogP contribution in [0.5, 0.6) is 0 Å². The van der Waals surface area contributed by atoms with E-state index >= 15 is 0 Å². The van der Waals surface area contributed by atoms with Crippen molar-refractivity contribution in [3.05, 3.63) is 35.9 Å². The van der Waals surface area contributed by atoms with Crippen LogP contribution in [-0.4, -0.2) is 5.78 Å². The Morgan fingerprint density at radius 3 is 1.56 bits per heavy atom. The molecule has 0 aromatic heterocycles. The third kappa shape index (κ3) is 11.0. The maximum atomic E-state index is 11.0. The Labute approximate surface area is 102 Å². The molecule has 16 heavy (non-hydrogen) atoms. The molecule has 0 saturated heterocycles. The van der Waals surface area contributed by atoms with Gasteiger partial charge in [-0.3, -0.25) is 4.79 Å². The summed E-state index contributed by atoms with van der Waals surface area (Å²) in [6.45, 7) is 13.9. The van der Waals surface area contributed by atoms with Gasteiger partial charge >= 0.3 is 0 Å². The zero-order chi connectivity index (χ0) is 13.4. The highest BCUT2D eigenvalue weighted by Gasteiger charge is 1.98. The summed E-state index contributed by atoms with van der Waals surface area (Å²) in [5.41, 5.74) is 0.810. The molecule has 0 spiro atoms. The lowest BCUT2D eigenvalue weighted by Gasteiger charge is -1.93. The van der Waals surface area contributed by atoms with Crippen molar-refractivity contribution in [2.75, 3.05) is 0 Å². The molecule has 0 heterocycles. The first-order valence-corrected chi connectivity index (χ1v) is 6.43. The molecule has 1 aromatic rings. The lowest BCUT2D eigenvalue weighted by molar-refractivity contribution is 0.0988. The van der Waals surface area contributed by atoms with Gasteiger partial charge < -0.3 is 0 Å². The molecule has 0 amide bonds. The molecule has 0 saturated carbocycles. The maximum absolute atomic E-state index is 11.0. The minimum Gasteiger partial charge on any atom is -0.294 e. The molecule has 0 atom stereocenters. The summed E-state index contributed by atoms with van der Waals surface area (Å²) in [5.74, 6) is 0.209. The molecule has 0 N–H and O–H groups in total. The normalized spacial score (nSPS) is 6.94. The second-order valence-electron chi connectivity index (χ2n) is 2.14. The molecule has 1 aromatic carbocycles. The van der Waals surface area contributed by atoms with Gasteiger partial charge in [-0.15, -0.1) is 0 Å². The third-order valence-corrected chi connectivity index (χ3v) is 1.42. The van der Waals surface area contributed by atoms with Gasteiger partial charge in [0.25, 0.3) is 0 Å². The van der Waals surface area contributed by atoms with Crippen molar-refractivity contribution in [1.82, 2.24) is 0 Å². The van der Waals surface area contributed by atoms with Gasteiger partial charge in [0, 0.05) is 12.0 Å². The van der Waals surface area contributed by atoms with Crippen LogP contribution in [0.15, 0.2) is 30.3 Å².